The maximum atomic E-state index is 14.0. The highest BCUT2D eigenvalue weighted by Crippen LogP contribution is 2.32. The quantitative estimate of drug-likeness (QED) is 0.435. The molecule has 2 aliphatic rings. The van der Waals surface area contributed by atoms with Crippen molar-refractivity contribution in [3.05, 3.63) is 63.3 Å². The van der Waals surface area contributed by atoms with E-state index in [-0.39, 0.29) is 11.6 Å². The van der Waals surface area contributed by atoms with E-state index in [2.05, 4.69) is 4.99 Å². The summed E-state index contributed by atoms with van der Waals surface area (Å²) in [5, 5.41) is 1.39. The van der Waals surface area contributed by atoms with E-state index in [1.807, 2.05) is 13.0 Å². The van der Waals surface area contributed by atoms with Gasteiger partial charge in [0.05, 0.1) is 0 Å². The third kappa shape index (κ3) is 2.09. The van der Waals surface area contributed by atoms with Crippen LogP contribution in [0.15, 0.2) is 23.2 Å². The van der Waals surface area contributed by atoms with Crippen LogP contribution in [-0.2, 0) is 4.79 Å². The summed E-state index contributed by atoms with van der Waals surface area (Å²) in [4.78, 5) is 16.3. The molecule has 0 amide bonds. The van der Waals surface area contributed by atoms with Crippen LogP contribution in [0.4, 0.5) is 27.6 Å². The number of hydrogen-bond donors (Lipinski definition) is 0. The summed E-state index contributed by atoms with van der Waals surface area (Å²) in [7, 11) is 0. The zero-order valence-electron chi connectivity index (χ0n) is 13.3. The SMILES string of the molecule is CC1CC=c2cccc3c2=C1C(=O)C3=Nc1c(F)c(F)c(F)c(F)c1F. The Kier molecular flexibility index (Phi) is 3.57. The second-order valence-corrected chi connectivity index (χ2v) is 6.23. The number of Topliss-reactive ketones (excluding diaryl/α,β-unsaturated/α-hetero) is 1. The van der Waals surface area contributed by atoms with Crippen molar-refractivity contribution in [2.24, 2.45) is 10.9 Å². The highest BCUT2D eigenvalue weighted by atomic mass is 19.2. The lowest BCUT2D eigenvalue weighted by atomic mass is 9.90. The van der Waals surface area contributed by atoms with E-state index in [1.54, 1.807) is 18.2 Å². The van der Waals surface area contributed by atoms with Gasteiger partial charge in [0, 0.05) is 11.1 Å². The van der Waals surface area contributed by atoms with Crippen LogP contribution >= 0.6 is 0 Å². The molecule has 132 valence electrons. The monoisotopic (exact) mass is 363 g/mol. The largest absolute Gasteiger partial charge is 0.287 e. The predicted octanol–water partition coefficient (Wildman–Crippen LogP) is 3.06. The minimum absolute atomic E-state index is 0.139. The molecule has 7 heteroatoms. The van der Waals surface area contributed by atoms with Gasteiger partial charge in [-0.1, -0.05) is 31.2 Å². The predicted molar refractivity (Wildman–Crippen MR) is 84.8 cm³/mol. The van der Waals surface area contributed by atoms with Gasteiger partial charge >= 0.3 is 0 Å². The van der Waals surface area contributed by atoms with Gasteiger partial charge in [0.2, 0.25) is 11.6 Å². The van der Waals surface area contributed by atoms with Crippen LogP contribution in [0.3, 0.4) is 0 Å². The number of halogens is 5. The maximum absolute atomic E-state index is 14.0. The standard InChI is InChI=1S/C19H10F5NO/c1-7-5-6-8-3-2-4-9-11(8)10(7)19(26)17(9)25-18-15(23)13(21)12(20)14(22)16(18)24/h2-4,6-7H,5H2,1H3. The van der Waals surface area contributed by atoms with Crippen molar-refractivity contribution in [2.75, 3.05) is 0 Å². The number of ketones is 1. The Morgan fingerprint density at radius 2 is 1.58 bits per heavy atom. The van der Waals surface area contributed by atoms with E-state index >= 15 is 0 Å². The number of nitrogens with zero attached hydrogens (tertiary/aromatic N) is 1. The molecule has 2 aromatic rings. The zero-order chi connectivity index (χ0) is 18.7. The molecule has 0 radical (unpaired) electrons. The highest BCUT2D eigenvalue weighted by molar-refractivity contribution is 6.61. The fourth-order valence-electron chi connectivity index (χ4n) is 3.41. The van der Waals surface area contributed by atoms with Crippen molar-refractivity contribution in [1.82, 2.24) is 0 Å². The number of benzene rings is 2. The molecule has 26 heavy (non-hydrogen) atoms. The molecule has 2 nitrogen and oxygen atoms in total. The first-order valence-corrected chi connectivity index (χ1v) is 7.81. The lowest BCUT2D eigenvalue weighted by Crippen LogP contribution is -2.32. The average molecular weight is 363 g/mol. The van der Waals surface area contributed by atoms with Crippen molar-refractivity contribution >= 4 is 28.8 Å². The molecule has 1 unspecified atom stereocenters. The lowest BCUT2D eigenvalue weighted by molar-refractivity contribution is -0.108. The Balaban J connectivity index is 2.02. The minimum atomic E-state index is -2.27. The average Bonchev–Trinajstić information content (AvgIpc) is 2.92. The number of carbonyl (C=O) groups is 1. The fraction of sp³-hybridized carbons (Fsp3) is 0.158. The molecule has 0 spiro atoms. The molecule has 0 saturated carbocycles. The summed E-state index contributed by atoms with van der Waals surface area (Å²) in [6.07, 6.45) is 2.54. The fourth-order valence-corrected chi connectivity index (χ4v) is 3.41. The first kappa shape index (κ1) is 16.6. The van der Waals surface area contributed by atoms with E-state index in [0.717, 1.165) is 5.22 Å². The minimum Gasteiger partial charge on any atom is -0.287 e. The van der Waals surface area contributed by atoms with E-state index in [1.165, 1.54) is 0 Å². The number of hydrogen-bond acceptors (Lipinski definition) is 2. The topological polar surface area (TPSA) is 29.4 Å². The molecule has 2 aromatic carbocycles. The molecule has 2 aliphatic carbocycles. The lowest BCUT2D eigenvalue weighted by Gasteiger charge is -2.12. The summed E-state index contributed by atoms with van der Waals surface area (Å²) in [6.45, 7) is 1.82. The molecule has 4 rings (SSSR count). The molecule has 0 N–H and O–H groups in total. The summed E-state index contributed by atoms with van der Waals surface area (Å²) in [5.41, 5.74) is -0.907. The van der Waals surface area contributed by atoms with E-state index in [9.17, 15) is 26.7 Å². The Bertz CT molecular complexity index is 1120. The van der Waals surface area contributed by atoms with E-state index < -0.39 is 40.6 Å². The molecular formula is C19H10F5NO. The van der Waals surface area contributed by atoms with Crippen LogP contribution in [0.5, 0.6) is 0 Å². The van der Waals surface area contributed by atoms with Crippen molar-refractivity contribution < 1.29 is 26.7 Å². The molecule has 0 heterocycles. The van der Waals surface area contributed by atoms with Crippen LogP contribution in [0.2, 0.25) is 0 Å². The van der Waals surface area contributed by atoms with Gasteiger partial charge in [0.1, 0.15) is 11.4 Å². The van der Waals surface area contributed by atoms with Crippen molar-refractivity contribution in [3.63, 3.8) is 0 Å². The van der Waals surface area contributed by atoms with Gasteiger partial charge in [0.15, 0.2) is 23.3 Å². The number of aliphatic imine (C=N–C) groups is 1. The second-order valence-electron chi connectivity index (χ2n) is 6.23. The summed E-state index contributed by atoms with van der Waals surface area (Å²) >= 11 is 0. The maximum Gasteiger partial charge on any atom is 0.208 e. The summed E-state index contributed by atoms with van der Waals surface area (Å²) in [5.74, 6) is -11.3. The first-order chi connectivity index (χ1) is 12.3. The summed E-state index contributed by atoms with van der Waals surface area (Å²) in [6, 6.07) is 4.98. The van der Waals surface area contributed by atoms with Gasteiger partial charge in [-0.05, 0) is 22.8 Å². The van der Waals surface area contributed by atoms with Gasteiger partial charge in [-0.2, -0.15) is 0 Å². The Labute approximate surface area is 144 Å². The normalized spacial score (nSPS) is 19.8. The summed E-state index contributed by atoms with van der Waals surface area (Å²) < 4.78 is 68.0. The number of carbonyl (C=O) groups excluding carboxylic acids is 1. The van der Waals surface area contributed by atoms with Gasteiger partial charge in [-0.3, -0.25) is 4.79 Å². The Hall–Kier alpha value is -2.83. The second kappa shape index (κ2) is 5.59. The van der Waals surface area contributed by atoms with Gasteiger partial charge in [-0.25, -0.2) is 26.9 Å². The van der Waals surface area contributed by atoms with Crippen LogP contribution < -0.4 is 10.4 Å². The van der Waals surface area contributed by atoms with Crippen molar-refractivity contribution in [2.45, 2.75) is 13.3 Å². The van der Waals surface area contributed by atoms with E-state index in [0.29, 0.717) is 22.8 Å². The third-order valence-corrected chi connectivity index (χ3v) is 4.68. The van der Waals surface area contributed by atoms with Crippen molar-refractivity contribution in [3.8, 4) is 0 Å². The van der Waals surface area contributed by atoms with Gasteiger partial charge in [-0.15, -0.1) is 0 Å². The Morgan fingerprint density at radius 3 is 2.23 bits per heavy atom. The zero-order valence-corrected chi connectivity index (χ0v) is 13.3. The van der Waals surface area contributed by atoms with Crippen LogP contribution in [-0.4, -0.2) is 11.5 Å². The molecule has 0 saturated heterocycles. The van der Waals surface area contributed by atoms with Crippen LogP contribution in [0.1, 0.15) is 18.9 Å². The van der Waals surface area contributed by atoms with Gasteiger partial charge < -0.3 is 0 Å². The molecule has 0 bridgehead atoms. The molecule has 1 atom stereocenters. The smallest absolute Gasteiger partial charge is 0.208 e. The first-order valence-electron chi connectivity index (χ1n) is 7.81. The van der Waals surface area contributed by atoms with Crippen molar-refractivity contribution in [1.29, 1.82) is 0 Å². The number of rotatable bonds is 1. The van der Waals surface area contributed by atoms with Crippen LogP contribution in [0, 0.1) is 35.0 Å². The van der Waals surface area contributed by atoms with Gasteiger partial charge in [0.25, 0.3) is 0 Å². The molecule has 0 aliphatic heterocycles. The molecule has 0 fully saturated rings. The van der Waals surface area contributed by atoms with E-state index in [4.69, 9.17) is 0 Å². The molecule has 0 aromatic heterocycles. The Morgan fingerprint density at radius 1 is 0.962 bits per heavy atom. The third-order valence-electron chi connectivity index (χ3n) is 4.68. The molecular weight excluding hydrogens is 353 g/mol. The highest BCUT2D eigenvalue weighted by Gasteiger charge is 2.34. The van der Waals surface area contributed by atoms with Crippen LogP contribution in [0.25, 0.3) is 11.6 Å².